The Hall–Kier alpha value is 0.0700. The number of thioether (sulfide) groups is 1. The van der Waals surface area contributed by atoms with Crippen LogP contribution >= 0.6 is 35.0 Å². The molecule has 0 aromatic heterocycles. The van der Waals surface area contributed by atoms with Crippen LogP contribution < -0.4 is 5.73 Å². The van der Waals surface area contributed by atoms with E-state index < -0.39 is 0 Å². The lowest BCUT2D eigenvalue weighted by Crippen LogP contribution is -2.40. The van der Waals surface area contributed by atoms with E-state index in [1.807, 2.05) is 18.2 Å². The third-order valence-corrected chi connectivity index (χ3v) is 4.90. The minimum Gasteiger partial charge on any atom is -0.328 e. The molecule has 1 heterocycles. The zero-order valence-electron chi connectivity index (χ0n) is 10.2. The molecule has 100 valence electrons. The zero-order valence-corrected chi connectivity index (χ0v) is 12.6. The highest BCUT2D eigenvalue weighted by Crippen LogP contribution is 2.29. The average Bonchev–Trinajstić information content (AvgIpc) is 2.36. The van der Waals surface area contributed by atoms with E-state index in [1.165, 1.54) is 0 Å². The number of nitrogens with zero attached hydrogens (tertiary/aromatic N) is 1. The van der Waals surface area contributed by atoms with Crippen molar-refractivity contribution >= 4 is 35.0 Å². The molecule has 0 radical (unpaired) electrons. The van der Waals surface area contributed by atoms with Crippen molar-refractivity contribution in [1.29, 1.82) is 0 Å². The lowest BCUT2D eigenvalue weighted by Gasteiger charge is -2.29. The molecule has 2 rings (SSSR count). The number of hydrogen-bond donors (Lipinski definition) is 1. The lowest BCUT2D eigenvalue weighted by atomic mass is 10.1. The minimum atomic E-state index is 0.399. The molecule has 2 nitrogen and oxygen atoms in total. The molecule has 1 aromatic carbocycles. The van der Waals surface area contributed by atoms with Crippen molar-refractivity contribution in [1.82, 2.24) is 4.90 Å². The van der Waals surface area contributed by atoms with Crippen molar-refractivity contribution in [2.24, 2.45) is 5.73 Å². The highest BCUT2D eigenvalue weighted by atomic mass is 35.5. The van der Waals surface area contributed by atoms with Gasteiger partial charge in [-0.1, -0.05) is 23.2 Å². The molecular weight excluding hydrogens is 287 g/mol. The summed E-state index contributed by atoms with van der Waals surface area (Å²) in [5.41, 5.74) is 5.89. The van der Waals surface area contributed by atoms with E-state index in [1.54, 1.807) is 11.8 Å². The van der Waals surface area contributed by atoms with Gasteiger partial charge in [-0.15, -0.1) is 11.8 Å². The molecule has 0 saturated carbocycles. The molecule has 0 unspecified atom stereocenters. The molecule has 2 N–H and O–H groups in total. The monoisotopic (exact) mass is 304 g/mol. The van der Waals surface area contributed by atoms with Crippen LogP contribution in [0.15, 0.2) is 23.1 Å². The smallest absolute Gasteiger partial charge is 0.0542 e. The Bertz CT molecular complexity index is 393. The van der Waals surface area contributed by atoms with Crippen LogP contribution in [0.2, 0.25) is 10.0 Å². The third-order valence-electron chi connectivity index (χ3n) is 3.19. The fourth-order valence-electron chi connectivity index (χ4n) is 2.05. The van der Waals surface area contributed by atoms with Crippen LogP contribution in [-0.2, 0) is 0 Å². The second-order valence-corrected chi connectivity index (χ2v) is 6.58. The average molecular weight is 305 g/mol. The first kappa shape index (κ1) is 14.5. The Morgan fingerprint density at radius 1 is 1.28 bits per heavy atom. The van der Waals surface area contributed by atoms with Crippen LogP contribution in [0.1, 0.15) is 12.8 Å². The van der Waals surface area contributed by atoms with Gasteiger partial charge in [0.2, 0.25) is 0 Å². The fraction of sp³-hybridized carbons (Fsp3) is 0.538. The fourth-order valence-corrected chi connectivity index (χ4v) is 3.55. The summed E-state index contributed by atoms with van der Waals surface area (Å²) in [6.45, 7) is 3.32. The quantitative estimate of drug-likeness (QED) is 0.863. The largest absolute Gasteiger partial charge is 0.328 e. The van der Waals surface area contributed by atoms with Gasteiger partial charge in [0.05, 0.1) is 5.02 Å². The van der Waals surface area contributed by atoms with E-state index in [-0.39, 0.29) is 0 Å². The van der Waals surface area contributed by atoms with Gasteiger partial charge in [-0.3, -0.25) is 0 Å². The highest BCUT2D eigenvalue weighted by Gasteiger charge is 2.15. The van der Waals surface area contributed by atoms with E-state index >= 15 is 0 Å². The molecule has 1 saturated heterocycles. The van der Waals surface area contributed by atoms with Crippen molar-refractivity contribution in [2.45, 2.75) is 23.8 Å². The summed E-state index contributed by atoms with van der Waals surface area (Å²) in [6.07, 6.45) is 2.23. The van der Waals surface area contributed by atoms with Crippen molar-refractivity contribution in [3.8, 4) is 0 Å². The van der Waals surface area contributed by atoms with Crippen LogP contribution in [0, 0.1) is 0 Å². The van der Waals surface area contributed by atoms with Gasteiger partial charge in [0.25, 0.3) is 0 Å². The summed E-state index contributed by atoms with van der Waals surface area (Å²) in [5, 5.41) is 1.52. The Balaban J connectivity index is 1.76. The molecule has 0 spiro atoms. The molecule has 1 fully saturated rings. The molecule has 1 aromatic rings. The standard InChI is InChI=1S/C13H18Cl2N2S/c14-10-1-2-12(15)13(9-10)18-8-7-17-5-3-11(16)4-6-17/h1-2,9,11H,3-8,16H2. The van der Waals surface area contributed by atoms with Gasteiger partial charge in [0, 0.05) is 28.3 Å². The van der Waals surface area contributed by atoms with Gasteiger partial charge >= 0.3 is 0 Å². The van der Waals surface area contributed by atoms with Gasteiger partial charge in [-0.2, -0.15) is 0 Å². The normalized spacial score (nSPS) is 18.2. The van der Waals surface area contributed by atoms with E-state index in [0.717, 1.165) is 53.2 Å². The Kier molecular flexibility index (Phi) is 5.64. The maximum absolute atomic E-state index is 6.13. The number of rotatable bonds is 4. The van der Waals surface area contributed by atoms with Crippen LogP contribution in [0.5, 0.6) is 0 Å². The van der Waals surface area contributed by atoms with Gasteiger partial charge in [0.15, 0.2) is 0 Å². The number of halogens is 2. The SMILES string of the molecule is NC1CCN(CCSc2cc(Cl)ccc2Cl)CC1. The van der Waals surface area contributed by atoms with Crippen LogP contribution in [0.4, 0.5) is 0 Å². The first-order chi connectivity index (χ1) is 8.65. The van der Waals surface area contributed by atoms with Gasteiger partial charge in [0.1, 0.15) is 0 Å². The number of likely N-dealkylation sites (tertiary alicyclic amines) is 1. The van der Waals surface area contributed by atoms with Gasteiger partial charge in [-0.25, -0.2) is 0 Å². The van der Waals surface area contributed by atoms with E-state index in [0.29, 0.717) is 6.04 Å². The summed E-state index contributed by atoms with van der Waals surface area (Å²) in [5.74, 6) is 1.04. The van der Waals surface area contributed by atoms with Crippen LogP contribution in [-0.4, -0.2) is 36.3 Å². The molecule has 0 bridgehead atoms. The van der Waals surface area contributed by atoms with E-state index in [2.05, 4.69) is 4.90 Å². The molecule has 0 atom stereocenters. The summed E-state index contributed by atoms with van der Waals surface area (Å²) in [7, 11) is 0. The molecule has 18 heavy (non-hydrogen) atoms. The molecule has 1 aliphatic heterocycles. The number of nitrogens with two attached hydrogens (primary N) is 1. The summed E-state index contributed by atoms with van der Waals surface area (Å²) in [4.78, 5) is 3.53. The molecular formula is C13H18Cl2N2S. The van der Waals surface area contributed by atoms with E-state index in [4.69, 9.17) is 28.9 Å². The number of piperidine rings is 1. The van der Waals surface area contributed by atoms with Gasteiger partial charge in [-0.05, 0) is 44.1 Å². The zero-order chi connectivity index (χ0) is 13.0. The highest BCUT2D eigenvalue weighted by molar-refractivity contribution is 7.99. The molecule has 0 aliphatic carbocycles. The van der Waals surface area contributed by atoms with Crippen molar-refractivity contribution in [2.75, 3.05) is 25.4 Å². The number of hydrogen-bond acceptors (Lipinski definition) is 3. The molecule has 0 amide bonds. The third kappa shape index (κ3) is 4.32. The van der Waals surface area contributed by atoms with E-state index in [9.17, 15) is 0 Å². The first-order valence-corrected chi connectivity index (χ1v) is 7.95. The molecule has 5 heteroatoms. The molecule has 1 aliphatic rings. The van der Waals surface area contributed by atoms with Crippen LogP contribution in [0.3, 0.4) is 0 Å². The summed E-state index contributed by atoms with van der Waals surface area (Å²) in [6, 6.07) is 6.00. The predicted octanol–water partition coefficient (Wildman–Crippen LogP) is 3.51. The van der Waals surface area contributed by atoms with Crippen LogP contribution in [0.25, 0.3) is 0 Å². The summed E-state index contributed by atoms with van der Waals surface area (Å²) >= 11 is 13.9. The summed E-state index contributed by atoms with van der Waals surface area (Å²) < 4.78 is 0. The Morgan fingerprint density at radius 3 is 2.72 bits per heavy atom. The van der Waals surface area contributed by atoms with Crippen molar-refractivity contribution in [3.63, 3.8) is 0 Å². The van der Waals surface area contributed by atoms with Crippen molar-refractivity contribution in [3.05, 3.63) is 28.2 Å². The van der Waals surface area contributed by atoms with Crippen molar-refractivity contribution < 1.29 is 0 Å². The Morgan fingerprint density at radius 2 is 2.00 bits per heavy atom. The maximum Gasteiger partial charge on any atom is 0.0542 e. The predicted molar refractivity (Wildman–Crippen MR) is 80.8 cm³/mol. The second-order valence-electron chi connectivity index (χ2n) is 4.60. The van der Waals surface area contributed by atoms with Gasteiger partial charge < -0.3 is 10.6 Å². The number of benzene rings is 1. The Labute approximate surface area is 123 Å². The first-order valence-electron chi connectivity index (χ1n) is 6.21. The topological polar surface area (TPSA) is 29.3 Å². The minimum absolute atomic E-state index is 0.399. The lowest BCUT2D eigenvalue weighted by molar-refractivity contribution is 0.225. The second kappa shape index (κ2) is 7.01. The maximum atomic E-state index is 6.13.